The van der Waals surface area contributed by atoms with Crippen LogP contribution >= 0.6 is 15.9 Å². The maximum atomic E-state index is 11.9. The van der Waals surface area contributed by atoms with Crippen molar-refractivity contribution in [2.45, 2.75) is 25.8 Å². The molecule has 1 saturated heterocycles. The van der Waals surface area contributed by atoms with Crippen LogP contribution in [0.5, 0.6) is 0 Å². The van der Waals surface area contributed by atoms with Crippen molar-refractivity contribution in [3.63, 3.8) is 0 Å². The number of carbonyl (C=O) groups is 1. The fourth-order valence-corrected chi connectivity index (χ4v) is 2.63. The van der Waals surface area contributed by atoms with Crippen LogP contribution in [0.15, 0.2) is 28.7 Å². The molecule has 0 spiro atoms. The molecule has 4 heteroatoms. The van der Waals surface area contributed by atoms with E-state index < -0.39 is 0 Å². The Kier molecular flexibility index (Phi) is 4.78. The van der Waals surface area contributed by atoms with Crippen LogP contribution in [-0.4, -0.2) is 30.4 Å². The van der Waals surface area contributed by atoms with Gasteiger partial charge in [0.15, 0.2) is 0 Å². The first kappa shape index (κ1) is 13.6. The molecule has 0 aliphatic carbocycles. The molecular formula is C14H19BrN2O. The molecule has 0 bridgehead atoms. The van der Waals surface area contributed by atoms with Crippen LogP contribution < -0.4 is 5.32 Å². The van der Waals surface area contributed by atoms with E-state index in [1.54, 1.807) is 0 Å². The number of amides is 1. The summed E-state index contributed by atoms with van der Waals surface area (Å²) < 4.78 is 1.07. The van der Waals surface area contributed by atoms with Crippen molar-refractivity contribution in [1.82, 2.24) is 10.2 Å². The van der Waals surface area contributed by atoms with E-state index in [9.17, 15) is 4.79 Å². The lowest BCUT2D eigenvalue weighted by atomic mass is 10.1. The number of hydrogen-bond acceptors (Lipinski definition) is 2. The van der Waals surface area contributed by atoms with Gasteiger partial charge in [0.1, 0.15) is 0 Å². The van der Waals surface area contributed by atoms with Crippen LogP contribution in [0.1, 0.15) is 31.4 Å². The lowest BCUT2D eigenvalue weighted by Crippen LogP contribution is -2.37. The molecule has 1 N–H and O–H groups in total. The van der Waals surface area contributed by atoms with E-state index in [-0.39, 0.29) is 11.9 Å². The number of hydrogen-bond donors (Lipinski definition) is 1. The Morgan fingerprint density at radius 2 is 2.17 bits per heavy atom. The highest BCUT2D eigenvalue weighted by Gasteiger charge is 2.18. The van der Waals surface area contributed by atoms with Crippen molar-refractivity contribution in [2.24, 2.45) is 0 Å². The lowest BCUT2D eigenvalue weighted by Gasteiger charge is -2.18. The molecular weight excluding hydrogens is 292 g/mol. The zero-order chi connectivity index (χ0) is 13.0. The van der Waals surface area contributed by atoms with Gasteiger partial charge in [-0.15, -0.1) is 0 Å². The molecule has 1 atom stereocenters. The SMILES string of the molecule is C[C@@H](NCC(=O)N1CCCC1)c1cccc(Br)c1. The summed E-state index contributed by atoms with van der Waals surface area (Å²) in [6.45, 7) is 4.35. The number of benzene rings is 1. The monoisotopic (exact) mass is 310 g/mol. The molecule has 1 aromatic carbocycles. The lowest BCUT2D eigenvalue weighted by molar-refractivity contribution is -0.129. The predicted molar refractivity (Wildman–Crippen MR) is 76.4 cm³/mol. The fourth-order valence-electron chi connectivity index (χ4n) is 2.21. The summed E-state index contributed by atoms with van der Waals surface area (Å²) in [4.78, 5) is 13.8. The molecule has 1 aliphatic rings. The first-order valence-corrected chi connectivity index (χ1v) is 7.23. The van der Waals surface area contributed by atoms with Gasteiger partial charge in [-0.3, -0.25) is 4.79 Å². The number of nitrogens with zero attached hydrogens (tertiary/aromatic N) is 1. The average molecular weight is 311 g/mol. The highest BCUT2D eigenvalue weighted by Crippen LogP contribution is 2.17. The van der Waals surface area contributed by atoms with E-state index in [4.69, 9.17) is 0 Å². The fraction of sp³-hybridized carbons (Fsp3) is 0.500. The van der Waals surface area contributed by atoms with Crippen LogP contribution in [0.4, 0.5) is 0 Å². The summed E-state index contributed by atoms with van der Waals surface area (Å²) in [7, 11) is 0. The molecule has 0 aromatic heterocycles. The minimum atomic E-state index is 0.189. The summed E-state index contributed by atoms with van der Waals surface area (Å²) in [6, 6.07) is 8.36. The second-order valence-electron chi connectivity index (χ2n) is 4.75. The van der Waals surface area contributed by atoms with Crippen LogP contribution in [-0.2, 0) is 4.79 Å². The first-order valence-electron chi connectivity index (χ1n) is 6.43. The largest absolute Gasteiger partial charge is 0.342 e. The third-order valence-corrected chi connectivity index (χ3v) is 3.86. The maximum absolute atomic E-state index is 11.9. The Bertz CT molecular complexity index is 416. The van der Waals surface area contributed by atoms with Crippen molar-refractivity contribution in [3.05, 3.63) is 34.3 Å². The molecule has 98 valence electrons. The summed E-state index contributed by atoms with van der Waals surface area (Å²) in [6.07, 6.45) is 2.29. The standard InChI is InChI=1S/C14H19BrN2O/c1-11(12-5-4-6-13(15)9-12)16-10-14(18)17-7-2-3-8-17/h4-6,9,11,16H,2-3,7-8,10H2,1H3/t11-/m1/s1. The molecule has 0 unspecified atom stereocenters. The minimum absolute atomic E-state index is 0.189. The second-order valence-corrected chi connectivity index (χ2v) is 5.66. The number of nitrogens with one attached hydrogen (secondary N) is 1. The Hall–Kier alpha value is -0.870. The van der Waals surface area contributed by atoms with Gasteiger partial charge in [-0.25, -0.2) is 0 Å². The Balaban J connectivity index is 1.84. The van der Waals surface area contributed by atoms with Gasteiger partial charge in [0.2, 0.25) is 5.91 Å². The van der Waals surface area contributed by atoms with E-state index >= 15 is 0 Å². The van der Waals surface area contributed by atoms with Gasteiger partial charge in [0.05, 0.1) is 6.54 Å². The van der Waals surface area contributed by atoms with Crippen molar-refractivity contribution in [2.75, 3.05) is 19.6 Å². The van der Waals surface area contributed by atoms with Gasteiger partial charge in [0, 0.05) is 23.6 Å². The molecule has 3 nitrogen and oxygen atoms in total. The molecule has 1 fully saturated rings. The van der Waals surface area contributed by atoms with Gasteiger partial charge in [0.25, 0.3) is 0 Å². The zero-order valence-corrected chi connectivity index (χ0v) is 12.2. The smallest absolute Gasteiger partial charge is 0.236 e. The molecule has 18 heavy (non-hydrogen) atoms. The Labute approximate surface area is 117 Å². The summed E-state index contributed by atoms with van der Waals surface area (Å²) >= 11 is 3.46. The van der Waals surface area contributed by atoms with Crippen LogP contribution in [0.2, 0.25) is 0 Å². The number of halogens is 1. The maximum Gasteiger partial charge on any atom is 0.236 e. The highest BCUT2D eigenvalue weighted by molar-refractivity contribution is 9.10. The van der Waals surface area contributed by atoms with E-state index in [2.05, 4.69) is 40.3 Å². The van der Waals surface area contributed by atoms with Crippen molar-refractivity contribution < 1.29 is 4.79 Å². The average Bonchev–Trinajstić information content (AvgIpc) is 2.89. The Morgan fingerprint density at radius 1 is 1.44 bits per heavy atom. The van der Waals surface area contributed by atoms with Gasteiger partial charge in [-0.1, -0.05) is 28.1 Å². The van der Waals surface area contributed by atoms with E-state index in [1.165, 1.54) is 5.56 Å². The third-order valence-electron chi connectivity index (χ3n) is 3.37. The molecule has 0 saturated carbocycles. The van der Waals surface area contributed by atoms with Crippen LogP contribution in [0.25, 0.3) is 0 Å². The van der Waals surface area contributed by atoms with Crippen molar-refractivity contribution in [1.29, 1.82) is 0 Å². The summed E-state index contributed by atoms with van der Waals surface area (Å²) in [5, 5.41) is 3.29. The quantitative estimate of drug-likeness (QED) is 0.927. The van der Waals surface area contributed by atoms with Gasteiger partial charge < -0.3 is 10.2 Å². The topological polar surface area (TPSA) is 32.3 Å². The molecule has 1 aromatic rings. The van der Waals surface area contributed by atoms with E-state index in [0.717, 1.165) is 30.4 Å². The second kappa shape index (κ2) is 6.34. The van der Waals surface area contributed by atoms with E-state index in [0.29, 0.717) is 6.54 Å². The highest BCUT2D eigenvalue weighted by atomic mass is 79.9. The number of rotatable bonds is 4. The molecule has 0 radical (unpaired) electrons. The first-order chi connectivity index (χ1) is 8.66. The minimum Gasteiger partial charge on any atom is -0.342 e. The van der Waals surface area contributed by atoms with Crippen LogP contribution in [0.3, 0.4) is 0 Å². The van der Waals surface area contributed by atoms with Gasteiger partial charge in [-0.05, 0) is 37.5 Å². The molecule has 1 aliphatic heterocycles. The summed E-state index contributed by atoms with van der Waals surface area (Å²) in [5.41, 5.74) is 1.19. The van der Waals surface area contributed by atoms with Gasteiger partial charge in [-0.2, -0.15) is 0 Å². The van der Waals surface area contributed by atoms with E-state index in [1.807, 2.05) is 17.0 Å². The normalized spacial score (nSPS) is 16.9. The molecule has 1 amide bonds. The van der Waals surface area contributed by atoms with Crippen molar-refractivity contribution in [3.8, 4) is 0 Å². The van der Waals surface area contributed by atoms with Gasteiger partial charge >= 0.3 is 0 Å². The third kappa shape index (κ3) is 3.56. The molecule has 2 rings (SSSR count). The summed E-state index contributed by atoms with van der Waals surface area (Å²) in [5.74, 6) is 0.217. The molecule has 1 heterocycles. The van der Waals surface area contributed by atoms with Crippen molar-refractivity contribution >= 4 is 21.8 Å². The zero-order valence-electron chi connectivity index (χ0n) is 10.7. The predicted octanol–water partition coefficient (Wildman–Crippen LogP) is 2.72. The van der Waals surface area contributed by atoms with Crippen LogP contribution in [0, 0.1) is 0 Å². The number of carbonyl (C=O) groups excluding carboxylic acids is 1. The number of likely N-dealkylation sites (tertiary alicyclic amines) is 1. The Morgan fingerprint density at radius 3 is 2.83 bits per heavy atom.